The van der Waals surface area contributed by atoms with Crippen molar-refractivity contribution >= 4 is 11.8 Å². The summed E-state index contributed by atoms with van der Waals surface area (Å²) in [4.78, 5) is 2.89. The molecule has 2 aliphatic rings. The molecular formula is C17H34N2S. The van der Waals surface area contributed by atoms with Crippen LogP contribution in [0, 0.1) is 5.92 Å². The molecule has 0 aromatic carbocycles. The Hall–Kier alpha value is 0.270. The van der Waals surface area contributed by atoms with Crippen molar-refractivity contribution in [3.8, 4) is 0 Å². The molecule has 0 radical (unpaired) electrons. The topological polar surface area (TPSA) is 15.3 Å². The molecule has 118 valence electrons. The molecule has 1 aliphatic heterocycles. The Kier molecular flexibility index (Phi) is 6.70. The fraction of sp³-hybridized carbons (Fsp3) is 1.00. The van der Waals surface area contributed by atoms with Gasteiger partial charge < -0.3 is 5.32 Å². The summed E-state index contributed by atoms with van der Waals surface area (Å²) in [6.07, 6.45) is 10.7. The number of nitrogens with zero attached hydrogens (tertiary/aromatic N) is 1. The average Bonchev–Trinajstić information content (AvgIpc) is 2.47. The van der Waals surface area contributed by atoms with Gasteiger partial charge >= 0.3 is 0 Å². The van der Waals surface area contributed by atoms with E-state index in [1.165, 1.54) is 51.6 Å². The predicted molar refractivity (Wildman–Crippen MR) is 91.6 cm³/mol. The molecule has 1 saturated heterocycles. The minimum Gasteiger partial charge on any atom is -0.311 e. The first kappa shape index (κ1) is 16.6. The highest BCUT2D eigenvalue weighted by Gasteiger charge is 2.36. The van der Waals surface area contributed by atoms with Crippen molar-refractivity contribution in [2.24, 2.45) is 5.92 Å². The molecular weight excluding hydrogens is 264 g/mol. The van der Waals surface area contributed by atoms with Gasteiger partial charge in [0.15, 0.2) is 0 Å². The van der Waals surface area contributed by atoms with Gasteiger partial charge in [-0.1, -0.05) is 33.6 Å². The predicted octanol–water partition coefficient (Wildman–Crippen LogP) is 3.76. The van der Waals surface area contributed by atoms with Crippen molar-refractivity contribution in [3.63, 3.8) is 0 Å². The van der Waals surface area contributed by atoms with Crippen molar-refractivity contribution in [2.45, 2.75) is 82.7 Å². The first-order valence-corrected chi connectivity index (χ1v) is 9.96. The fourth-order valence-corrected chi connectivity index (χ4v) is 4.89. The number of hydrogen-bond donors (Lipinski definition) is 1. The van der Waals surface area contributed by atoms with E-state index in [0.29, 0.717) is 0 Å². The van der Waals surface area contributed by atoms with Crippen molar-refractivity contribution in [3.05, 3.63) is 0 Å². The van der Waals surface area contributed by atoms with Gasteiger partial charge in [0.05, 0.1) is 0 Å². The van der Waals surface area contributed by atoms with Crippen LogP contribution in [0.5, 0.6) is 0 Å². The van der Waals surface area contributed by atoms with Gasteiger partial charge in [0.1, 0.15) is 0 Å². The molecule has 2 nitrogen and oxygen atoms in total. The summed E-state index contributed by atoms with van der Waals surface area (Å²) >= 11 is 2.09. The van der Waals surface area contributed by atoms with E-state index in [1.54, 1.807) is 0 Å². The molecule has 20 heavy (non-hydrogen) atoms. The lowest BCUT2D eigenvalue weighted by Crippen LogP contribution is -2.61. The number of piperazine rings is 1. The Morgan fingerprint density at radius 1 is 1.30 bits per heavy atom. The quantitative estimate of drug-likeness (QED) is 0.832. The van der Waals surface area contributed by atoms with Gasteiger partial charge in [0.25, 0.3) is 0 Å². The van der Waals surface area contributed by atoms with E-state index in [-0.39, 0.29) is 0 Å². The number of nitrogens with one attached hydrogen (secondary N) is 1. The SMILES string of the molecule is CCCC1CN(C2CCCC(SC)C2)C(C(C)C)CN1. The second-order valence-electron chi connectivity index (χ2n) is 7.08. The van der Waals surface area contributed by atoms with Crippen LogP contribution < -0.4 is 5.32 Å². The Labute approximate surface area is 130 Å². The second kappa shape index (κ2) is 8.05. The maximum absolute atomic E-state index is 3.80. The normalized spacial score (nSPS) is 36.5. The van der Waals surface area contributed by atoms with Crippen molar-refractivity contribution in [1.82, 2.24) is 10.2 Å². The van der Waals surface area contributed by atoms with Crippen LogP contribution in [0.1, 0.15) is 59.3 Å². The Morgan fingerprint density at radius 2 is 2.10 bits per heavy atom. The molecule has 1 heterocycles. The zero-order chi connectivity index (χ0) is 14.5. The summed E-state index contributed by atoms with van der Waals surface area (Å²) in [7, 11) is 0. The largest absolute Gasteiger partial charge is 0.311 e. The zero-order valence-electron chi connectivity index (χ0n) is 13.9. The molecule has 1 aliphatic carbocycles. The lowest BCUT2D eigenvalue weighted by Gasteiger charge is -2.48. The van der Waals surface area contributed by atoms with Crippen LogP contribution in [-0.2, 0) is 0 Å². The lowest BCUT2D eigenvalue weighted by atomic mass is 9.88. The van der Waals surface area contributed by atoms with E-state index in [4.69, 9.17) is 0 Å². The molecule has 0 aromatic heterocycles. The number of hydrogen-bond acceptors (Lipinski definition) is 3. The van der Waals surface area contributed by atoms with Crippen LogP contribution in [0.2, 0.25) is 0 Å². The fourth-order valence-electron chi connectivity index (χ4n) is 4.08. The first-order valence-electron chi connectivity index (χ1n) is 8.67. The summed E-state index contributed by atoms with van der Waals surface area (Å²) in [5, 5.41) is 4.70. The van der Waals surface area contributed by atoms with Crippen LogP contribution in [0.25, 0.3) is 0 Å². The van der Waals surface area contributed by atoms with E-state index >= 15 is 0 Å². The third-order valence-electron chi connectivity index (χ3n) is 5.28. The van der Waals surface area contributed by atoms with Crippen LogP contribution in [0.3, 0.4) is 0 Å². The molecule has 4 atom stereocenters. The molecule has 0 aromatic rings. The third-order valence-corrected chi connectivity index (χ3v) is 6.38. The third kappa shape index (κ3) is 4.14. The highest BCUT2D eigenvalue weighted by molar-refractivity contribution is 7.99. The maximum Gasteiger partial charge on any atom is 0.0247 e. The Bertz CT molecular complexity index is 282. The zero-order valence-corrected chi connectivity index (χ0v) is 14.7. The summed E-state index contributed by atoms with van der Waals surface area (Å²) < 4.78 is 0. The van der Waals surface area contributed by atoms with Crippen LogP contribution in [0.15, 0.2) is 0 Å². The monoisotopic (exact) mass is 298 g/mol. The van der Waals surface area contributed by atoms with E-state index in [0.717, 1.165) is 29.3 Å². The molecule has 0 amide bonds. The minimum absolute atomic E-state index is 0.727. The number of rotatable bonds is 5. The molecule has 4 unspecified atom stereocenters. The standard InChI is InChI=1S/C17H34N2S/c1-5-7-14-12-19(17(11-18-14)13(2)3)15-8-6-9-16(10-15)20-4/h13-18H,5-12H2,1-4H3. The van der Waals surface area contributed by atoms with Gasteiger partial charge in [-0.3, -0.25) is 4.90 Å². The van der Waals surface area contributed by atoms with Gasteiger partial charge in [-0.2, -0.15) is 11.8 Å². The van der Waals surface area contributed by atoms with Gasteiger partial charge in [0, 0.05) is 36.5 Å². The van der Waals surface area contributed by atoms with Gasteiger partial charge in [0.2, 0.25) is 0 Å². The van der Waals surface area contributed by atoms with Gasteiger partial charge in [-0.15, -0.1) is 0 Å². The van der Waals surface area contributed by atoms with Crippen LogP contribution in [-0.4, -0.2) is 47.6 Å². The molecule has 1 N–H and O–H groups in total. The maximum atomic E-state index is 3.80. The van der Waals surface area contributed by atoms with Gasteiger partial charge in [-0.05, 0) is 37.9 Å². The van der Waals surface area contributed by atoms with E-state index in [9.17, 15) is 0 Å². The highest BCUT2D eigenvalue weighted by Crippen LogP contribution is 2.33. The second-order valence-corrected chi connectivity index (χ2v) is 8.22. The lowest BCUT2D eigenvalue weighted by molar-refractivity contribution is 0.0386. The Morgan fingerprint density at radius 3 is 2.75 bits per heavy atom. The summed E-state index contributed by atoms with van der Waals surface area (Å²) in [6.45, 7) is 9.58. The molecule has 2 rings (SSSR count). The van der Waals surface area contributed by atoms with Crippen LogP contribution in [0.4, 0.5) is 0 Å². The molecule has 2 fully saturated rings. The molecule has 3 heteroatoms. The minimum atomic E-state index is 0.727. The first-order chi connectivity index (χ1) is 9.65. The van der Waals surface area contributed by atoms with E-state index < -0.39 is 0 Å². The molecule has 0 bridgehead atoms. The Balaban J connectivity index is 2.02. The summed E-state index contributed by atoms with van der Waals surface area (Å²) in [5.74, 6) is 0.764. The van der Waals surface area contributed by atoms with E-state index in [2.05, 4.69) is 49.0 Å². The van der Waals surface area contributed by atoms with E-state index in [1.807, 2.05) is 0 Å². The van der Waals surface area contributed by atoms with Crippen molar-refractivity contribution in [1.29, 1.82) is 0 Å². The van der Waals surface area contributed by atoms with Gasteiger partial charge in [-0.25, -0.2) is 0 Å². The summed E-state index contributed by atoms with van der Waals surface area (Å²) in [5.41, 5.74) is 0. The highest BCUT2D eigenvalue weighted by atomic mass is 32.2. The van der Waals surface area contributed by atoms with Crippen LogP contribution >= 0.6 is 11.8 Å². The molecule has 0 spiro atoms. The summed E-state index contributed by atoms with van der Waals surface area (Å²) in [6, 6.07) is 2.31. The van der Waals surface area contributed by atoms with Crippen molar-refractivity contribution < 1.29 is 0 Å². The van der Waals surface area contributed by atoms with Crippen molar-refractivity contribution in [2.75, 3.05) is 19.3 Å². The average molecular weight is 299 g/mol. The molecule has 1 saturated carbocycles. The number of thioether (sulfide) groups is 1. The smallest absolute Gasteiger partial charge is 0.0247 e.